The number of hydrogen-bond acceptors (Lipinski definition) is 6. The zero-order valence-corrected chi connectivity index (χ0v) is 16.4. The number of amides is 1. The van der Waals surface area contributed by atoms with E-state index in [0.717, 1.165) is 10.5 Å². The van der Waals surface area contributed by atoms with Crippen molar-refractivity contribution in [2.24, 2.45) is 0 Å². The van der Waals surface area contributed by atoms with E-state index < -0.39 is 28.1 Å². The Labute approximate surface area is 166 Å². The highest BCUT2D eigenvalue weighted by Crippen LogP contribution is 2.34. The Hall–Kier alpha value is -1.85. The van der Waals surface area contributed by atoms with Crippen LogP contribution >= 0.6 is 23.2 Å². The van der Waals surface area contributed by atoms with Gasteiger partial charge in [-0.25, -0.2) is 5.48 Å². The predicted molar refractivity (Wildman–Crippen MR) is 97.2 cm³/mol. The number of methoxy groups -OCH3 is 1. The molecule has 1 atom stereocenters. The molecule has 1 aromatic rings. The molecule has 0 saturated heterocycles. The van der Waals surface area contributed by atoms with Crippen LogP contribution in [0.1, 0.15) is 24.4 Å². The minimum Gasteiger partial charge on any atom is -0.469 e. The molecule has 12 heteroatoms. The zero-order valence-electron chi connectivity index (χ0n) is 14.1. The third kappa shape index (κ3) is 5.11. The van der Waals surface area contributed by atoms with Crippen LogP contribution in [-0.4, -0.2) is 43.5 Å². The van der Waals surface area contributed by atoms with Crippen LogP contribution in [0.25, 0.3) is 0 Å². The van der Waals surface area contributed by atoms with E-state index in [1.165, 1.54) is 30.8 Å². The lowest BCUT2D eigenvalue weighted by atomic mass is 9.99. The third-order valence-corrected chi connectivity index (χ3v) is 5.80. The van der Waals surface area contributed by atoms with Crippen LogP contribution in [0.5, 0.6) is 0 Å². The second kappa shape index (κ2) is 8.89. The SMILES string of the molecule is COC(=O)CCCN1C=C(C(=O)NO)C(c2ccc(Cl)cc2Cl)NS1(=O)=O. The molecule has 9 nitrogen and oxygen atoms in total. The van der Waals surface area contributed by atoms with Gasteiger partial charge in [-0.05, 0) is 24.1 Å². The Morgan fingerprint density at radius 2 is 2.07 bits per heavy atom. The molecule has 1 unspecified atom stereocenters. The fourth-order valence-electron chi connectivity index (χ4n) is 2.47. The highest BCUT2D eigenvalue weighted by molar-refractivity contribution is 7.87. The van der Waals surface area contributed by atoms with E-state index in [1.807, 2.05) is 0 Å². The Morgan fingerprint density at radius 3 is 2.67 bits per heavy atom. The van der Waals surface area contributed by atoms with Gasteiger partial charge < -0.3 is 4.74 Å². The van der Waals surface area contributed by atoms with Gasteiger partial charge >= 0.3 is 16.2 Å². The molecule has 1 aromatic carbocycles. The second-order valence-corrected chi connectivity index (χ2v) is 8.04. The molecule has 1 amide bonds. The van der Waals surface area contributed by atoms with Gasteiger partial charge in [0.1, 0.15) is 0 Å². The van der Waals surface area contributed by atoms with Crippen molar-refractivity contribution in [2.45, 2.75) is 18.9 Å². The number of benzene rings is 1. The first-order chi connectivity index (χ1) is 12.7. The van der Waals surface area contributed by atoms with Gasteiger partial charge in [-0.15, -0.1) is 0 Å². The summed E-state index contributed by atoms with van der Waals surface area (Å²) < 4.78 is 32.8. The smallest absolute Gasteiger partial charge is 0.305 e. The van der Waals surface area contributed by atoms with Crippen LogP contribution in [0.15, 0.2) is 30.0 Å². The van der Waals surface area contributed by atoms with Crippen molar-refractivity contribution in [2.75, 3.05) is 13.7 Å². The van der Waals surface area contributed by atoms with Gasteiger partial charge in [-0.2, -0.15) is 13.1 Å². The van der Waals surface area contributed by atoms with E-state index in [4.69, 9.17) is 28.4 Å². The van der Waals surface area contributed by atoms with Crippen LogP contribution in [0.4, 0.5) is 0 Å². The molecule has 1 aliphatic rings. The van der Waals surface area contributed by atoms with Crippen molar-refractivity contribution in [1.29, 1.82) is 0 Å². The van der Waals surface area contributed by atoms with E-state index in [1.54, 1.807) is 0 Å². The van der Waals surface area contributed by atoms with Crippen LogP contribution in [0.2, 0.25) is 10.0 Å². The van der Waals surface area contributed by atoms with Gasteiger partial charge in [0.15, 0.2) is 0 Å². The fraction of sp³-hybridized carbons (Fsp3) is 0.333. The Bertz CT molecular complexity index is 874. The summed E-state index contributed by atoms with van der Waals surface area (Å²) in [5.74, 6) is -1.40. The summed E-state index contributed by atoms with van der Waals surface area (Å²) >= 11 is 12.0. The minimum absolute atomic E-state index is 0.00430. The molecule has 2 rings (SSSR count). The van der Waals surface area contributed by atoms with Crippen molar-refractivity contribution in [3.8, 4) is 0 Å². The van der Waals surface area contributed by atoms with Crippen LogP contribution < -0.4 is 10.2 Å². The molecule has 0 aromatic heterocycles. The van der Waals surface area contributed by atoms with Gasteiger partial charge in [0, 0.05) is 29.2 Å². The summed E-state index contributed by atoms with van der Waals surface area (Å²) in [6.07, 6.45) is 1.26. The lowest BCUT2D eigenvalue weighted by Gasteiger charge is -2.32. The van der Waals surface area contributed by atoms with Crippen molar-refractivity contribution >= 4 is 45.3 Å². The highest BCUT2D eigenvalue weighted by atomic mass is 35.5. The van der Waals surface area contributed by atoms with Crippen molar-refractivity contribution in [3.63, 3.8) is 0 Å². The quantitative estimate of drug-likeness (QED) is 0.352. The van der Waals surface area contributed by atoms with E-state index in [-0.39, 0.29) is 35.5 Å². The fourth-order valence-corrected chi connectivity index (χ4v) is 4.29. The van der Waals surface area contributed by atoms with Crippen LogP contribution in [-0.2, 0) is 24.5 Å². The summed E-state index contributed by atoms with van der Waals surface area (Å²) in [4.78, 5) is 23.3. The number of rotatable bonds is 6. The first kappa shape index (κ1) is 21.5. The first-order valence-electron chi connectivity index (χ1n) is 7.66. The molecule has 0 aliphatic carbocycles. The van der Waals surface area contributed by atoms with E-state index in [2.05, 4.69) is 9.46 Å². The van der Waals surface area contributed by atoms with E-state index in [0.29, 0.717) is 5.02 Å². The third-order valence-electron chi connectivity index (χ3n) is 3.79. The number of hydrogen-bond donors (Lipinski definition) is 3. The maximum Gasteiger partial charge on any atom is 0.305 e. The molecule has 0 radical (unpaired) electrons. The van der Waals surface area contributed by atoms with E-state index >= 15 is 0 Å². The number of ether oxygens (including phenoxy) is 1. The van der Waals surface area contributed by atoms with Gasteiger partial charge in [0.05, 0.1) is 18.7 Å². The molecule has 27 heavy (non-hydrogen) atoms. The average Bonchev–Trinajstić information content (AvgIpc) is 2.61. The average molecular weight is 438 g/mol. The Kier molecular flexibility index (Phi) is 7.06. The van der Waals surface area contributed by atoms with E-state index in [9.17, 15) is 18.0 Å². The molecular formula is C15H17Cl2N3O6S. The normalized spacial score (nSPS) is 18.6. The standard InChI is InChI=1S/C15H17Cl2N3O6S/c1-26-13(21)3-2-6-20-8-11(15(22)18-23)14(19-27(20,24)25)10-5-4-9(16)7-12(10)17/h4-5,7-8,14,19,23H,2-3,6H2,1H3,(H,18,22). The van der Waals surface area contributed by atoms with Crippen molar-refractivity contribution in [1.82, 2.24) is 14.5 Å². The van der Waals surface area contributed by atoms with Gasteiger partial charge in [-0.1, -0.05) is 29.3 Å². The number of carbonyl (C=O) groups excluding carboxylic acids is 2. The van der Waals surface area contributed by atoms with Crippen molar-refractivity contribution in [3.05, 3.63) is 45.6 Å². The topological polar surface area (TPSA) is 125 Å². The molecule has 3 N–H and O–H groups in total. The maximum absolute atomic E-state index is 12.5. The van der Waals surface area contributed by atoms with Gasteiger partial charge in [0.25, 0.3) is 5.91 Å². The summed E-state index contributed by atoms with van der Waals surface area (Å²) in [7, 11) is -2.80. The van der Waals surface area contributed by atoms with Gasteiger partial charge in [0.2, 0.25) is 0 Å². The van der Waals surface area contributed by atoms with Gasteiger partial charge in [-0.3, -0.25) is 19.1 Å². The Balaban J connectivity index is 2.38. The lowest BCUT2D eigenvalue weighted by Crippen LogP contribution is -2.47. The number of esters is 1. The zero-order chi connectivity index (χ0) is 20.2. The molecular weight excluding hydrogens is 421 g/mol. The lowest BCUT2D eigenvalue weighted by molar-refractivity contribution is -0.140. The number of nitrogens with zero attached hydrogens (tertiary/aromatic N) is 1. The highest BCUT2D eigenvalue weighted by Gasteiger charge is 2.36. The summed E-state index contributed by atoms with van der Waals surface area (Å²) in [6, 6.07) is 3.24. The van der Waals surface area contributed by atoms with Crippen LogP contribution in [0, 0.1) is 0 Å². The predicted octanol–water partition coefficient (Wildman–Crippen LogP) is 1.53. The second-order valence-electron chi connectivity index (χ2n) is 5.54. The molecule has 0 saturated carbocycles. The van der Waals surface area contributed by atoms with Crippen molar-refractivity contribution < 1.29 is 28.0 Å². The number of nitrogens with one attached hydrogen (secondary N) is 2. The molecule has 148 valence electrons. The summed E-state index contributed by atoms with van der Waals surface area (Å²) in [5.41, 5.74) is 1.68. The summed E-state index contributed by atoms with van der Waals surface area (Å²) in [6.45, 7) is -0.0757. The molecule has 0 spiro atoms. The number of halogens is 2. The minimum atomic E-state index is -4.03. The number of hydroxylamine groups is 1. The Morgan fingerprint density at radius 1 is 1.37 bits per heavy atom. The molecule has 1 heterocycles. The molecule has 0 bridgehead atoms. The largest absolute Gasteiger partial charge is 0.469 e. The molecule has 1 aliphatic heterocycles. The van der Waals surface area contributed by atoms with Crippen LogP contribution in [0.3, 0.4) is 0 Å². The number of carbonyl (C=O) groups is 2. The monoisotopic (exact) mass is 437 g/mol. The molecule has 0 fully saturated rings. The first-order valence-corrected chi connectivity index (χ1v) is 9.86. The maximum atomic E-state index is 12.5. The summed E-state index contributed by atoms with van der Waals surface area (Å²) in [5, 5.41) is 9.49.